The van der Waals surface area contributed by atoms with Crippen molar-refractivity contribution in [1.29, 1.82) is 0 Å². The van der Waals surface area contributed by atoms with Crippen molar-refractivity contribution in [1.82, 2.24) is 0 Å². The van der Waals surface area contributed by atoms with Crippen LogP contribution in [0.15, 0.2) is 22.7 Å². The van der Waals surface area contributed by atoms with E-state index in [2.05, 4.69) is 21.2 Å². The Morgan fingerprint density at radius 3 is 2.45 bits per heavy atom. The highest BCUT2D eigenvalue weighted by Gasteiger charge is 2.35. The third kappa shape index (κ3) is 3.88. The smallest absolute Gasteiger partial charge is 0.388 e. The number of hydrogen-bond donors (Lipinski definition) is 2. The molecule has 0 heterocycles. The van der Waals surface area contributed by atoms with Gasteiger partial charge in [0.05, 0.1) is 11.2 Å². The van der Waals surface area contributed by atoms with Gasteiger partial charge in [-0.15, -0.1) is 0 Å². The Hall–Kier alpha value is -0.750. The summed E-state index contributed by atoms with van der Waals surface area (Å²) in [4.78, 5) is 0. The summed E-state index contributed by atoms with van der Waals surface area (Å²) in [7, 11) is 0. The number of alkyl halides is 3. The van der Waals surface area contributed by atoms with E-state index in [9.17, 15) is 18.3 Å². The number of benzene rings is 1. The van der Waals surface area contributed by atoms with Gasteiger partial charge in [0.25, 0.3) is 0 Å². The van der Waals surface area contributed by atoms with E-state index in [0.717, 1.165) is 25.3 Å². The van der Waals surface area contributed by atoms with Crippen molar-refractivity contribution in [2.24, 2.45) is 0 Å². The van der Waals surface area contributed by atoms with Crippen LogP contribution in [0.5, 0.6) is 0 Å². The lowest BCUT2D eigenvalue weighted by atomic mass is 9.85. The van der Waals surface area contributed by atoms with Gasteiger partial charge in [0, 0.05) is 16.7 Å². The van der Waals surface area contributed by atoms with Crippen molar-refractivity contribution in [2.45, 2.75) is 43.9 Å². The van der Waals surface area contributed by atoms with Crippen LogP contribution in [0.3, 0.4) is 0 Å². The van der Waals surface area contributed by atoms with Gasteiger partial charge < -0.3 is 10.4 Å². The number of halogens is 4. The standard InChI is InChI=1S/C14H17BrF3NO/c15-10-4-5-11(14(16,17)18)12(8-10)19-9-13(20)6-2-1-3-7-13/h4-5,8,19-20H,1-3,6-7,9H2. The molecule has 0 unspecified atom stereocenters. The number of rotatable bonds is 3. The number of hydrogen-bond acceptors (Lipinski definition) is 2. The fourth-order valence-corrected chi connectivity index (χ4v) is 2.92. The molecule has 1 aromatic rings. The zero-order valence-electron chi connectivity index (χ0n) is 10.9. The van der Waals surface area contributed by atoms with E-state index in [1.165, 1.54) is 12.1 Å². The summed E-state index contributed by atoms with van der Waals surface area (Å²) in [5, 5.41) is 13.1. The SMILES string of the molecule is OC1(CNc2cc(Br)ccc2C(F)(F)F)CCCCC1. The molecule has 0 amide bonds. The molecule has 0 radical (unpaired) electrons. The van der Waals surface area contributed by atoms with Crippen LogP contribution in [0.2, 0.25) is 0 Å². The first-order valence-electron chi connectivity index (χ1n) is 6.63. The summed E-state index contributed by atoms with van der Waals surface area (Å²) in [5.74, 6) is 0. The maximum Gasteiger partial charge on any atom is 0.418 e. The molecular weight excluding hydrogens is 335 g/mol. The summed E-state index contributed by atoms with van der Waals surface area (Å²) in [6, 6.07) is 3.80. The van der Waals surface area contributed by atoms with Crippen LogP contribution < -0.4 is 5.32 Å². The Morgan fingerprint density at radius 2 is 1.85 bits per heavy atom. The highest BCUT2D eigenvalue weighted by molar-refractivity contribution is 9.10. The first kappa shape index (κ1) is 15.6. The van der Waals surface area contributed by atoms with E-state index >= 15 is 0 Å². The van der Waals surface area contributed by atoms with Gasteiger partial charge >= 0.3 is 6.18 Å². The molecule has 0 spiro atoms. The molecule has 0 bridgehead atoms. The monoisotopic (exact) mass is 351 g/mol. The quantitative estimate of drug-likeness (QED) is 0.835. The zero-order valence-corrected chi connectivity index (χ0v) is 12.5. The van der Waals surface area contributed by atoms with Crippen molar-refractivity contribution in [3.05, 3.63) is 28.2 Å². The lowest BCUT2D eigenvalue weighted by Crippen LogP contribution is -2.39. The van der Waals surface area contributed by atoms with Gasteiger partial charge in [-0.05, 0) is 31.0 Å². The average Bonchev–Trinajstić information content (AvgIpc) is 2.36. The normalized spacial score (nSPS) is 18.9. The molecule has 0 aromatic heterocycles. The van der Waals surface area contributed by atoms with Crippen LogP contribution >= 0.6 is 15.9 Å². The van der Waals surface area contributed by atoms with E-state index in [0.29, 0.717) is 17.3 Å². The van der Waals surface area contributed by atoms with Gasteiger partial charge in [0.1, 0.15) is 0 Å². The minimum atomic E-state index is -4.40. The van der Waals surface area contributed by atoms with Gasteiger partial charge in [-0.3, -0.25) is 0 Å². The van der Waals surface area contributed by atoms with E-state index in [-0.39, 0.29) is 12.2 Å². The summed E-state index contributed by atoms with van der Waals surface area (Å²) < 4.78 is 39.3. The second kappa shape index (κ2) is 5.93. The minimum Gasteiger partial charge on any atom is -0.388 e. The van der Waals surface area contributed by atoms with Gasteiger partial charge in [0.15, 0.2) is 0 Å². The van der Waals surface area contributed by atoms with Crippen LogP contribution in [0.25, 0.3) is 0 Å². The second-order valence-electron chi connectivity index (χ2n) is 5.33. The van der Waals surface area contributed by atoms with Crippen LogP contribution in [0.4, 0.5) is 18.9 Å². The molecule has 1 aliphatic carbocycles. The number of anilines is 1. The molecular formula is C14H17BrF3NO. The summed E-state index contributed by atoms with van der Waals surface area (Å²) in [6.07, 6.45) is -0.221. The lowest BCUT2D eigenvalue weighted by Gasteiger charge is -2.32. The molecule has 1 aliphatic rings. The van der Waals surface area contributed by atoms with Gasteiger partial charge in [-0.1, -0.05) is 35.2 Å². The van der Waals surface area contributed by atoms with Gasteiger partial charge in [-0.2, -0.15) is 13.2 Å². The molecule has 112 valence electrons. The first-order valence-corrected chi connectivity index (χ1v) is 7.42. The summed E-state index contributed by atoms with van der Waals surface area (Å²) in [6.45, 7) is 0.145. The molecule has 6 heteroatoms. The predicted molar refractivity (Wildman–Crippen MR) is 75.7 cm³/mol. The molecule has 0 aliphatic heterocycles. The topological polar surface area (TPSA) is 32.3 Å². The largest absolute Gasteiger partial charge is 0.418 e. The summed E-state index contributed by atoms with van der Waals surface area (Å²) >= 11 is 3.17. The van der Waals surface area contributed by atoms with Gasteiger partial charge in [0.2, 0.25) is 0 Å². The Kier molecular flexibility index (Phi) is 4.64. The average molecular weight is 352 g/mol. The van der Waals surface area contributed by atoms with Crippen LogP contribution in [0.1, 0.15) is 37.7 Å². The fraction of sp³-hybridized carbons (Fsp3) is 0.571. The van der Waals surface area contributed by atoms with Crippen LogP contribution in [0, 0.1) is 0 Å². The van der Waals surface area contributed by atoms with E-state index < -0.39 is 17.3 Å². The highest BCUT2D eigenvalue weighted by atomic mass is 79.9. The molecule has 1 fully saturated rings. The Morgan fingerprint density at radius 1 is 1.20 bits per heavy atom. The van der Waals surface area contributed by atoms with Gasteiger partial charge in [-0.25, -0.2) is 0 Å². The van der Waals surface area contributed by atoms with Crippen LogP contribution in [-0.4, -0.2) is 17.3 Å². The highest BCUT2D eigenvalue weighted by Crippen LogP contribution is 2.37. The Labute approximate surface area is 124 Å². The predicted octanol–water partition coefficient (Wildman–Crippen LogP) is 4.58. The Bertz CT molecular complexity index is 470. The molecule has 1 saturated carbocycles. The van der Waals surface area contributed by atoms with Crippen molar-refractivity contribution < 1.29 is 18.3 Å². The number of nitrogens with one attached hydrogen (secondary N) is 1. The maximum absolute atomic E-state index is 12.9. The zero-order chi connectivity index (χ0) is 14.8. The maximum atomic E-state index is 12.9. The third-order valence-electron chi connectivity index (χ3n) is 3.68. The van der Waals surface area contributed by atoms with E-state index in [4.69, 9.17) is 0 Å². The number of aliphatic hydroxyl groups is 1. The molecule has 0 saturated heterocycles. The summed E-state index contributed by atoms with van der Waals surface area (Å²) in [5.41, 5.74) is -1.60. The van der Waals surface area contributed by atoms with Crippen molar-refractivity contribution in [3.63, 3.8) is 0 Å². The lowest BCUT2D eigenvalue weighted by molar-refractivity contribution is -0.137. The van der Waals surface area contributed by atoms with Crippen molar-refractivity contribution in [2.75, 3.05) is 11.9 Å². The minimum absolute atomic E-state index is 0.00544. The molecule has 20 heavy (non-hydrogen) atoms. The van der Waals surface area contributed by atoms with Crippen LogP contribution in [-0.2, 0) is 6.18 Å². The molecule has 2 N–H and O–H groups in total. The second-order valence-corrected chi connectivity index (χ2v) is 6.24. The van der Waals surface area contributed by atoms with Crippen molar-refractivity contribution >= 4 is 21.6 Å². The third-order valence-corrected chi connectivity index (χ3v) is 4.17. The van der Waals surface area contributed by atoms with E-state index in [1.807, 2.05) is 0 Å². The Balaban J connectivity index is 2.14. The first-order chi connectivity index (χ1) is 9.30. The molecule has 2 rings (SSSR count). The molecule has 2 nitrogen and oxygen atoms in total. The fourth-order valence-electron chi connectivity index (χ4n) is 2.56. The molecule has 1 aromatic carbocycles. The molecule has 0 atom stereocenters. The van der Waals surface area contributed by atoms with E-state index in [1.54, 1.807) is 0 Å². The van der Waals surface area contributed by atoms with Crippen molar-refractivity contribution in [3.8, 4) is 0 Å².